The van der Waals surface area contributed by atoms with Crippen molar-refractivity contribution in [1.82, 2.24) is 4.98 Å². The largest absolute Gasteiger partial charge is 0.326 e. The summed E-state index contributed by atoms with van der Waals surface area (Å²) in [7, 11) is 0. The lowest BCUT2D eigenvalue weighted by atomic mass is 9.75. The fraction of sp³-hybridized carbons (Fsp3) is 0.333. The number of amides is 1. The van der Waals surface area contributed by atoms with E-state index in [0.29, 0.717) is 6.42 Å². The monoisotopic (exact) mass is 287 g/mol. The van der Waals surface area contributed by atoms with Crippen molar-refractivity contribution in [2.75, 3.05) is 5.32 Å². The Labute approximate surface area is 122 Å². The number of anilines is 1. The lowest BCUT2D eigenvalue weighted by molar-refractivity contribution is -0.118. The van der Waals surface area contributed by atoms with Crippen molar-refractivity contribution in [2.45, 2.75) is 31.2 Å². The molecule has 2 aromatic rings. The number of rotatable bonds is 4. The molecule has 0 spiro atoms. The van der Waals surface area contributed by atoms with E-state index in [4.69, 9.17) is 5.73 Å². The maximum atomic E-state index is 12.0. The topological polar surface area (TPSA) is 68.0 Å². The van der Waals surface area contributed by atoms with E-state index in [0.717, 1.165) is 35.5 Å². The highest BCUT2D eigenvalue weighted by molar-refractivity contribution is 7.13. The van der Waals surface area contributed by atoms with Crippen LogP contribution < -0.4 is 11.1 Å². The van der Waals surface area contributed by atoms with Gasteiger partial charge in [0, 0.05) is 34.8 Å². The fourth-order valence-corrected chi connectivity index (χ4v) is 3.06. The summed E-state index contributed by atoms with van der Waals surface area (Å²) >= 11 is 1.58. The van der Waals surface area contributed by atoms with Crippen molar-refractivity contribution in [3.63, 3.8) is 0 Å². The first-order valence-electron chi connectivity index (χ1n) is 6.73. The number of aromatic nitrogens is 1. The summed E-state index contributed by atoms with van der Waals surface area (Å²) in [5.74, 6) is -0.0107. The molecule has 0 aliphatic heterocycles. The van der Waals surface area contributed by atoms with Crippen LogP contribution >= 0.6 is 11.3 Å². The van der Waals surface area contributed by atoms with Crippen LogP contribution in [0.3, 0.4) is 0 Å². The normalized spacial score (nSPS) is 16.4. The van der Waals surface area contributed by atoms with Gasteiger partial charge in [-0.2, -0.15) is 0 Å². The van der Waals surface area contributed by atoms with Crippen molar-refractivity contribution in [1.29, 1.82) is 0 Å². The average Bonchev–Trinajstić information content (AvgIpc) is 2.91. The van der Waals surface area contributed by atoms with Crippen LogP contribution in [0.5, 0.6) is 0 Å². The smallest absolute Gasteiger partial charge is 0.226 e. The predicted molar refractivity (Wildman–Crippen MR) is 81.6 cm³/mol. The van der Waals surface area contributed by atoms with Gasteiger partial charge in [-0.05, 0) is 31.4 Å². The van der Waals surface area contributed by atoms with Gasteiger partial charge in [-0.15, -0.1) is 11.3 Å². The lowest BCUT2D eigenvalue weighted by Crippen LogP contribution is -2.48. The number of carbonyl (C=O) groups is 1. The summed E-state index contributed by atoms with van der Waals surface area (Å²) in [6.07, 6.45) is 5.19. The van der Waals surface area contributed by atoms with Crippen LogP contribution in [-0.2, 0) is 4.79 Å². The van der Waals surface area contributed by atoms with Crippen molar-refractivity contribution < 1.29 is 4.79 Å². The number of hydrogen-bond donors (Lipinski definition) is 2. The highest BCUT2D eigenvalue weighted by Crippen LogP contribution is 2.32. The Hall–Kier alpha value is -1.72. The van der Waals surface area contributed by atoms with Gasteiger partial charge in [0.25, 0.3) is 0 Å². The molecule has 0 radical (unpaired) electrons. The summed E-state index contributed by atoms with van der Waals surface area (Å²) in [4.78, 5) is 16.3. The summed E-state index contributed by atoms with van der Waals surface area (Å²) < 4.78 is 0. The summed E-state index contributed by atoms with van der Waals surface area (Å²) in [6, 6.07) is 7.75. The van der Waals surface area contributed by atoms with Crippen molar-refractivity contribution in [3.8, 4) is 10.6 Å². The van der Waals surface area contributed by atoms with Gasteiger partial charge in [-0.3, -0.25) is 4.79 Å². The number of nitrogens with zero attached hydrogens (tertiary/aromatic N) is 1. The third-order valence-electron chi connectivity index (χ3n) is 3.69. The van der Waals surface area contributed by atoms with Crippen LogP contribution in [0.15, 0.2) is 35.8 Å². The summed E-state index contributed by atoms with van der Waals surface area (Å²) in [5.41, 5.74) is 7.63. The minimum atomic E-state index is -0.281. The second-order valence-corrected chi connectivity index (χ2v) is 6.25. The van der Waals surface area contributed by atoms with Gasteiger partial charge in [-0.1, -0.05) is 12.1 Å². The van der Waals surface area contributed by atoms with E-state index in [1.807, 2.05) is 29.6 Å². The molecule has 1 fully saturated rings. The molecule has 20 heavy (non-hydrogen) atoms. The summed E-state index contributed by atoms with van der Waals surface area (Å²) in [5, 5.41) is 5.82. The number of nitrogens with two attached hydrogens (primary N) is 1. The van der Waals surface area contributed by atoms with E-state index < -0.39 is 0 Å². The standard InChI is InChI=1S/C15H17N3OS/c16-15(5-2-6-15)10-13(19)18-12-4-1-3-11(9-12)14-17-7-8-20-14/h1,3-4,7-9H,2,5-6,10,16H2,(H,18,19). The second kappa shape index (κ2) is 5.34. The molecule has 0 unspecified atom stereocenters. The maximum absolute atomic E-state index is 12.0. The van der Waals surface area contributed by atoms with E-state index in [9.17, 15) is 4.79 Å². The third-order valence-corrected chi connectivity index (χ3v) is 4.51. The maximum Gasteiger partial charge on any atom is 0.226 e. The van der Waals surface area contributed by atoms with Gasteiger partial charge >= 0.3 is 0 Å². The van der Waals surface area contributed by atoms with Gasteiger partial charge in [0.2, 0.25) is 5.91 Å². The molecule has 5 heteroatoms. The quantitative estimate of drug-likeness (QED) is 0.908. The van der Waals surface area contributed by atoms with Gasteiger partial charge in [-0.25, -0.2) is 4.98 Å². The molecule has 3 N–H and O–H groups in total. The predicted octanol–water partition coefficient (Wildman–Crippen LogP) is 3.02. The Kier molecular flexibility index (Phi) is 3.54. The van der Waals surface area contributed by atoms with Crippen LogP contribution in [0, 0.1) is 0 Å². The molecule has 3 rings (SSSR count). The summed E-state index contributed by atoms with van der Waals surface area (Å²) in [6.45, 7) is 0. The Morgan fingerprint density at radius 3 is 2.95 bits per heavy atom. The fourth-order valence-electron chi connectivity index (χ4n) is 2.43. The molecule has 104 valence electrons. The molecule has 1 amide bonds. The van der Waals surface area contributed by atoms with E-state index in [1.165, 1.54) is 0 Å². The number of carbonyl (C=O) groups excluding carboxylic acids is 1. The molecule has 0 atom stereocenters. The zero-order chi connectivity index (χ0) is 14.0. The number of thiazole rings is 1. The van der Waals surface area contributed by atoms with Crippen LogP contribution in [0.2, 0.25) is 0 Å². The molecule has 1 saturated carbocycles. The zero-order valence-electron chi connectivity index (χ0n) is 11.1. The first kappa shape index (κ1) is 13.3. The van der Waals surface area contributed by atoms with Crippen LogP contribution in [0.25, 0.3) is 10.6 Å². The molecule has 0 bridgehead atoms. The highest BCUT2D eigenvalue weighted by atomic mass is 32.1. The molecule has 1 aliphatic rings. The molecular weight excluding hydrogens is 270 g/mol. The van der Waals surface area contributed by atoms with Gasteiger partial charge in [0.15, 0.2) is 0 Å². The third kappa shape index (κ3) is 2.89. The number of hydrogen-bond acceptors (Lipinski definition) is 4. The van der Waals surface area contributed by atoms with Crippen molar-refractivity contribution >= 4 is 22.9 Å². The second-order valence-electron chi connectivity index (χ2n) is 5.36. The lowest BCUT2D eigenvalue weighted by Gasteiger charge is -2.37. The molecule has 1 aromatic carbocycles. The molecule has 1 aromatic heterocycles. The molecule has 0 saturated heterocycles. The molecule has 1 aliphatic carbocycles. The van der Waals surface area contributed by atoms with Gasteiger partial charge < -0.3 is 11.1 Å². The van der Waals surface area contributed by atoms with Crippen LogP contribution in [0.1, 0.15) is 25.7 Å². The minimum Gasteiger partial charge on any atom is -0.326 e. The van der Waals surface area contributed by atoms with Crippen molar-refractivity contribution in [2.24, 2.45) is 5.73 Å². The van der Waals surface area contributed by atoms with Gasteiger partial charge in [0.05, 0.1) is 0 Å². The van der Waals surface area contributed by atoms with Crippen molar-refractivity contribution in [3.05, 3.63) is 35.8 Å². The first-order chi connectivity index (χ1) is 9.65. The molecule has 1 heterocycles. The molecule has 4 nitrogen and oxygen atoms in total. The minimum absolute atomic E-state index is 0.0107. The Bertz CT molecular complexity index is 605. The van der Waals surface area contributed by atoms with Gasteiger partial charge in [0.1, 0.15) is 5.01 Å². The number of benzene rings is 1. The Morgan fingerprint density at radius 1 is 1.45 bits per heavy atom. The Balaban J connectivity index is 1.68. The van der Waals surface area contributed by atoms with Crippen LogP contribution in [-0.4, -0.2) is 16.4 Å². The van der Waals surface area contributed by atoms with E-state index >= 15 is 0 Å². The van der Waals surface area contributed by atoms with E-state index in [-0.39, 0.29) is 11.4 Å². The number of nitrogens with one attached hydrogen (secondary N) is 1. The molecular formula is C15H17N3OS. The average molecular weight is 287 g/mol. The SMILES string of the molecule is NC1(CC(=O)Nc2cccc(-c3nccs3)c2)CCC1. The van der Waals surface area contributed by atoms with E-state index in [1.54, 1.807) is 17.5 Å². The first-order valence-corrected chi connectivity index (χ1v) is 7.61. The van der Waals surface area contributed by atoms with E-state index in [2.05, 4.69) is 10.3 Å². The highest BCUT2D eigenvalue weighted by Gasteiger charge is 2.34. The Morgan fingerprint density at radius 2 is 2.30 bits per heavy atom. The zero-order valence-corrected chi connectivity index (χ0v) is 12.0. The van der Waals surface area contributed by atoms with Crippen LogP contribution in [0.4, 0.5) is 5.69 Å².